The van der Waals surface area contributed by atoms with Crippen molar-refractivity contribution in [1.82, 2.24) is 21.0 Å². The second-order valence-electron chi connectivity index (χ2n) is 11.3. The number of rotatable bonds is 13. The molecule has 48 heavy (non-hydrogen) atoms. The van der Waals surface area contributed by atoms with Gasteiger partial charge in [-0.1, -0.05) is 96.3 Å². The monoisotopic (exact) mass is 682 g/mol. The highest BCUT2D eigenvalue weighted by molar-refractivity contribution is 8.13. The third-order valence-corrected chi connectivity index (χ3v) is 9.66. The van der Waals surface area contributed by atoms with E-state index >= 15 is 0 Å². The number of carboxylic acid groups (broad SMARTS) is 2. The normalized spacial score (nSPS) is 14.0. The number of nitrogens with zero attached hydrogens (tertiary/aromatic N) is 3. The Morgan fingerprint density at radius 1 is 0.771 bits per heavy atom. The number of hydrogen-bond acceptors (Lipinski definition) is 11. The number of aromatic amines is 1. The Bertz CT molecular complexity index is 1970. The van der Waals surface area contributed by atoms with Crippen LogP contribution >= 0.6 is 23.5 Å². The van der Waals surface area contributed by atoms with E-state index in [2.05, 4.69) is 39.4 Å². The molecule has 14 heteroatoms. The molecular weight excluding hydrogens is 649 g/mol. The van der Waals surface area contributed by atoms with Crippen molar-refractivity contribution in [3.05, 3.63) is 113 Å². The van der Waals surface area contributed by atoms with E-state index in [1.165, 1.54) is 0 Å². The van der Waals surface area contributed by atoms with Crippen molar-refractivity contribution in [2.45, 2.75) is 41.6 Å². The fourth-order valence-corrected chi connectivity index (χ4v) is 6.95. The van der Waals surface area contributed by atoms with Crippen LogP contribution in [-0.2, 0) is 33.9 Å². The minimum Gasteiger partial charge on any atom is -0.480 e. The van der Waals surface area contributed by atoms with Crippen LogP contribution in [0.5, 0.6) is 0 Å². The number of para-hydroxylation sites is 1. The van der Waals surface area contributed by atoms with Gasteiger partial charge in [0.15, 0.2) is 5.16 Å². The molecule has 0 aliphatic carbocycles. The largest absolute Gasteiger partial charge is 0.480 e. The maximum absolute atomic E-state index is 11.1. The molecule has 0 bridgehead atoms. The molecule has 0 saturated heterocycles. The van der Waals surface area contributed by atoms with Crippen molar-refractivity contribution in [3.63, 3.8) is 0 Å². The number of thioether (sulfide) groups is 2. The van der Waals surface area contributed by atoms with Gasteiger partial charge in [-0.15, -0.1) is 10.6 Å². The molecule has 1 aliphatic heterocycles. The van der Waals surface area contributed by atoms with Crippen molar-refractivity contribution in [2.75, 3.05) is 5.01 Å². The zero-order valence-corrected chi connectivity index (χ0v) is 27.3. The second-order valence-corrected chi connectivity index (χ2v) is 13.2. The number of hydrogen-bond donors (Lipinski definition) is 7. The Hall–Kier alpha value is -4.86. The lowest BCUT2D eigenvalue weighted by Crippen LogP contribution is -2.40. The number of H-pyrrole nitrogens is 1. The van der Waals surface area contributed by atoms with Crippen molar-refractivity contribution in [2.24, 2.45) is 16.6 Å². The number of nitrogens with one attached hydrogen (secondary N) is 3. The number of aromatic nitrogens is 2. The first kappa shape index (κ1) is 33.1. The number of carboxylic acids is 2. The van der Waals surface area contributed by atoms with Gasteiger partial charge in [0.05, 0.1) is 16.7 Å². The summed E-state index contributed by atoms with van der Waals surface area (Å²) in [6.07, 6.45) is 0.546. The van der Waals surface area contributed by atoms with Gasteiger partial charge in [-0.05, 0) is 58.9 Å². The van der Waals surface area contributed by atoms with Crippen LogP contribution in [-0.4, -0.2) is 49.4 Å². The molecule has 0 amide bonds. The van der Waals surface area contributed by atoms with Gasteiger partial charge in [-0.3, -0.25) is 9.59 Å². The van der Waals surface area contributed by atoms with Gasteiger partial charge in [-0.25, -0.2) is 15.5 Å². The molecular formula is C34H34N8O4S2. The summed E-state index contributed by atoms with van der Waals surface area (Å²) >= 11 is 3.13. The summed E-state index contributed by atoms with van der Waals surface area (Å²) in [4.78, 5) is 30.6. The van der Waals surface area contributed by atoms with E-state index in [1.54, 1.807) is 23.5 Å². The van der Waals surface area contributed by atoms with Crippen molar-refractivity contribution in [3.8, 4) is 11.1 Å². The third kappa shape index (κ3) is 7.98. The summed E-state index contributed by atoms with van der Waals surface area (Å²) < 4.78 is 0. The molecule has 1 aliphatic rings. The fourth-order valence-electron chi connectivity index (χ4n) is 5.27. The standard InChI is InChI=1S/C34H34N8O4S2/c35-27(31(43)44)16-20-4-1-6-22(14-20)18-47-33-37-29-9-3-8-26(30(29)38-33)24-10-12-25(13-11-24)42-34(39-40-41-42)48-19-23-7-2-5-21(15-23)17-28(36)32(45)46/h1-15,27-28,40-41H,16-19,35-36H2,(H,37,38)(H,43,44)(H,45,46)/t27-,28-/m0/s1. The fraction of sp³-hybridized carbons (Fsp3) is 0.176. The zero-order chi connectivity index (χ0) is 33.6. The Kier molecular flexibility index (Phi) is 10.3. The first-order valence-corrected chi connectivity index (χ1v) is 17.1. The summed E-state index contributed by atoms with van der Waals surface area (Å²) in [5.41, 5.74) is 25.9. The molecule has 4 aromatic carbocycles. The van der Waals surface area contributed by atoms with Gasteiger partial charge in [0.25, 0.3) is 0 Å². The Morgan fingerprint density at radius 2 is 1.35 bits per heavy atom. The quantitative estimate of drug-likeness (QED) is 0.0863. The number of imidazole rings is 1. The lowest BCUT2D eigenvalue weighted by Gasteiger charge is -2.19. The molecule has 0 saturated carbocycles. The molecule has 2 atom stereocenters. The second kappa shape index (κ2) is 14.9. The van der Waals surface area contributed by atoms with Crippen LogP contribution in [0.15, 0.2) is 101 Å². The Labute approximate surface area is 284 Å². The first-order chi connectivity index (χ1) is 23.2. The van der Waals surface area contributed by atoms with Crippen molar-refractivity contribution >= 4 is 57.4 Å². The topological polar surface area (TPSA) is 195 Å². The number of hydrazine groups is 2. The highest BCUT2D eigenvalue weighted by Gasteiger charge is 2.20. The number of aliphatic carboxylic acids is 2. The molecule has 2 heterocycles. The van der Waals surface area contributed by atoms with Gasteiger partial charge in [0.2, 0.25) is 5.17 Å². The molecule has 0 spiro atoms. The van der Waals surface area contributed by atoms with E-state index in [-0.39, 0.29) is 12.8 Å². The smallest absolute Gasteiger partial charge is 0.320 e. The average Bonchev–Trinajstić information content (AvgIpc) is 3.74. The lowest BCUT2D eigenvalue weighted by atomic mass is 10.0. The van der Waals surface area contributed by atoms with E-state index in [9.17, 15) is 9.59 Å². The van der Waals surface area contributed by atoms with Crippen LogP contribution in [0.25, 0.3) is 22.2 Å². The number of nitrogens with two attached hydrogens (primary N) is 2. The summed E-state index contributed by atoms with van der Waals surface area (Å²) in [6, 6.07) is 27.9. The van der Waals surface area contributed by atoms with Crippen LogP contribution in [0.2, 0.25) is 0 Å². The van der Waals surface area contributed by atoms with E-state index in [4.69, 9.17) is 26.7 Å². The summed E-state index contributed by atoms with van der Waals surface area (Å²) in [5.74, 6) is -0.722. The molecule has 0 radical (unpaired) electrons. The van der Waals surface area contributed by atoms with Gasteiger partial charge in [0.1, 0.15) is 12.1 Å². The van der Waals surface area contributed by atoms with Gasteiger partial charge < -0.3 is 26.7 Å². The first-order valence-electron chi connectivity index (χ1n) is 15.1. The van der Waals surface area contributed by atoms with Gasteiger partial charge in [-0.2, -0.15) is 0 Å². The van der Waals surface area contributed by atoms with Crippen LogP contribution in [0, 0.1) is 0 Å². The minimum atomic E-state index is -1.02. The molecule has 0 unspecified atom stereocenters. The van der Waals surface area contributed by atoms with Crippen LogP contribution in [0.4, 0.5) is 5.69 Å². The minimum absolute atomic E-state index is 0.268. The van der Waals surface area contributed by atoms with Gasteiger partial charge >= 0.3 is 11.9 Å². The molecule has 246 valence electrons. The number of fused-ring (bicyclic) bond motifs is 1. The van der Waals surface area contributed by atoms with E-state index < -0.39 is 24.0 Å². The molecule has 0 fully saturated rings. The third-order valence-electron chi connectivity index (χ3n) is 7.70. The number of carbonyl (C=O) groups is 2. The summed E-state index contributed by atoms with van der Waals surface area (Å²) in [7, 11) is 0. The van der Waals surface area contributed by atoms with Gasteiger partial charge in [0, 0.05) is 17.1 Å². The summed E-state index contributed by atoms with van der Waals surface area (Å²) in [6.45, 7) is 0. The number of anilines is 1. The maximum Gasteiger partial charge on any atom is 0.320 e. The highest BCUT2D eigenvalue weighted by atomic mass is 32.2. The Morgan fingerprint density at radius 3 is 1.98 bits per heavy atom. The predicted octanol–water partition coefficient (Wildman–Crippen LogP) is 4.46. The molecule has 12 nitrogen and oxygen atoms in total. The highest BCUT2D eigenvalue weighted by Crippen LogP contribution is 2.32. The van der Waals surface area contributed by atoms with Crippen LogP contribution < -0.4 is 27.5 Å². The van der Waals surface area contributed by atoms with Crippen molar-refractivity contribution < 1.29 is 19.8 Å². The molecule has 6 rings (SSSR count). The van der Waals surface area contributed by atoms with Crippen LogP contribution in [0.1, 0.15) is 22.3 Å². The lowest BCUT2D eigenvalue weighted by molar-refractivity contribution is -0.139. The summed E-state index contributed by atoms with van der Waals surface area (Å²) in [5, 5.41) is 26.1. The van der Waals surface area contributed by atoms with Crippen molar-refractivity contribution in [1.29, 1.82) is 0 Å². The predicted molar refractivity (Wildman–Crippen MR) is 190 cm³/mol. The van der Waals surface area contributed by atoms with E-state index in [0.717, 1.165) is 60.4 Å². The molecule has 5 aromatic rings. The van der Waals surface area contributed by atoms with E-state index in [0.29, 0.717) is 11.5 Å². The average molecular weight is 683 g/mol. The molecule has 9 N–H and O–H groups in total. The number of amidine groups is 1. The SMILES string of the molecule is N[C@@H](Cc1cccc(CSC2=NNNN2c2ccc(-c3cccc4[nH]c(SCc5cccc(C[C@H](N)C(=O)O)c5)nc34)cc2)c1)C(=O)O. The van der Waals surface area contributed by atoms with Crippen LogP contribution in [0.3, 0.4) is 0 Å². The number of benzene rings is 4. The molecule has 1 aromatic heterocycles. The maximum atomic E-state index is 11.1. The Balaban J connectivity index is 1.10. The van der Waals surface area contributed by atoms with E-state index in [1.807, 2.05) is 77.8 Å². The zero-order valence-electron chi connectivity index (χ0n) is 25.7. The number of hydrazone groups is 1.